The molecule has 2 heterocycles. The molecule has 0 radical (unpaired) electrons. The van der Waals surface area contributed by atoms with Crippen LogP contribution in [0.1, 0.15) is 36.8 Å². The molecule has 0 bridgehead atoms. The number of rotatable bonds is 6. The molecular formula is C24H30N2O2. The Labute approximate surface area is 167 Å². The van der Waals surface area contributed by atoms with E-state index in [1.165, 1.54) is 22.5 Å². The maximum absolute atomic E-state index is 11.1. The molecule has 2 aliphatic heterocycles. The molecule has 0 unspecified atom stereocenters. The first kappa shape index (κ1) is 19.0. The van der Waals surface area contributed by atoms with Crippen LogP contribution < -0.4 is 4.90 Å². The lowest BCUT2D eigenvalue weighted by Crippen LogP contribution is -2.37. The Morgan fingerprint density at radius 1 is 0.857 bits per heavy atom. The molecule has 2 aromatic rings. The number of hydrogen-bond donors (Lipinski definition) is 1. The van der Waals surface area contributed by atoms with Gasteiger partial charge >= 0.3 is 5.97 Å². The zero-order valence-electron chi connectivity index (χ0n) is 16.5. The first-order chi connectivity index (χ1) is 13.7. The van der Waals surface area contributed by atoms with E-state index in [1.807, 2.05) is 0 Å². The van der Waals surface area contributed by atoms with E-state index in [2.05, 4.69) is 58.3 Å². The van der Waals surface area contributed by atoms with Gasteiger partial charge in [-0.1, -0.05) is 36.4 Å². The number of hydrogen-bond acceptors (Lipinski definition) is 3. The summed E-state index contributed by atoms with van der Waals surface area (Å²) in [5, 5.41) is 9.14. The average molecular weight is 379 g/mol. The van der Waals surface area contributed by atoms with Crippen LogP contribution in [-0.4, -0.2) is 42.2 Å². The molecule has 148 valence electrons. The van der Waals surface area contributed by atoms with Gasteiger partial charge in [0, 0.05) is 17.9 Å². The normalized spacial score (nSPS) is 17.6. The predicted molar refractivity (Wildman–Crippen MR) is 113 cm³/mol. The lowest BCUT2D eigenvalue weighted by atomic mass is 9.97. The molecule has 0 amide bonds. The summed E-state index contributed by atoms with van der Waals surface area (Å²) in [6.07, 6.45) is 6.08. The number of carboxylic acid groups (broad SMARTS) is 1. The maximum atomic E-state index is 11.1. The summed E-state index contributed by atoms with van der Waals surface area (Å²) in [6.45, 7) is 3.95. The van der Waals surface area contributed by atoms with E-state index in [-0.39, 0.29) is 5.92 Å². The Morgan fingerprint density at radius 3 is 1.96 bits per heavy atom. The van der Waals surface area contributed by atoms with Crippen molar-refractivity contribution in [2.75, 3.05) is 31.1 Å². The topological polar surface area (TPSA) is 43.8 Å². The van der Waals surface area contributed by atoms with E-state index < -0.39 is 5.97 Å². The third-order valence-corrected chi connectivity index (χ3v) is 6.27. The highest BCUT2D eigenvalue weighted by atomic mass is 16.4. The van der Waals surface area contributed by atoms with Gasteiger partial charge < -0.3 is 14.9 Å². The van der Waals surface area contributed by atoms with Gasteiger partial charge in [0.05, 0.1) is 5.92 Å². The predicted octanol–water partition coefficient (Wildman–Crippen LogP) is 4.50. The van der Waals surface area contributed by atoms with E-state index in [0.717, 1.165) is 64.7 Å². The Bertz CT molecular complexity index is 764. The van der Waals surface area contributed by atoms with Crippen molar-refractivity contribution in [3.63, 3.8) is 0 Å². The van der Waals surface area contributed by atoms with Crippen molar-refractivity contribution in [1.82, 2.24) is 4.90 Å². The number of aliphatic carboxylic acids is 1. The van der Waals surface area contributed by atoms with E-state index in [1.54, 1.807) is 0 Å². The number of carbonyl (C=O) groups is 1. The summed E-state index contributed by atoms with van der Waals surface area (Å²) < 4.78 is 0. The van der Waals surface area contributed by atoms with Crippen LogP contribution in [0.4, 0.5) is 11.4 Å². The van der Waals surface area contributed by atoms with Crippen molar-refractivity contribution in [2.45, 2.75) is 38.5 Å². The Hall–Kier alpha value is -2.33. The molecule has 0 spiro atoms. The number of piperidine rings is 1. The van der Waals surface area contributed by atoms with Crippen LogP contribution in [0, 0.1) is 5.92 Å². The van der Waals surface area contributed by atoms with Crippen molar-refractivity contribution >= 4 is 17.3 Å². The fourth-order valence-electron chi connectivity index (χ4n) is 4.62. The van der Waals surface area contributed by atoms with Crippen molar-refractivity contribution in [3.05, 3.63) is 59.7 Å². The summed E-state index contributed by atoms with van der Waals surface area (Å²) in [7, 11) is 0. The zero-order chi connectivity index (χ0) is 19.3. The first-order valence-electron chi connectivity index (χ1n) is 10.6. The van der Waals surface area contributed by atoms with Crippen LogP contribution in [-0.2, 0) is 17.6 Å². The summed E-state index contributed by atoms with van der Waals surface area (Å²) in [6, 6.07) is 17.6. The van der Waals surface area contributed by atoms with Crippen LogP contribution in [0.25, 0.3) is 0 Å². The van der Waals surface area contributed by atoms with E-state index in [4.69, 9.17) is 5.11 Å². The average Bonchev–Trinajstić information content (AvgIpc) is 2.89. The molecule has 0 aromatic heterocycles. The van der Waals surface area contributed by atoms with Crippen molar-refractivity contribution < 1.29 is 9.90 Å². The van der Waals surface area contributed by atoms with Crippen LogP contribution in [0.3, 0.4) is 0 Å². The third-order valence-electron chi connectivity index (χ3n) is 6.27. The molecule has 2 aliphatic rings. The number of fused-ring (bicyclic) bond motifs is 2. The zero-order valence-corrected chi connectivity index (χ0v) is 16.5. The smallest absolute Gasteiger partial charge is 0.306 e. The van der Waals surface area contributed by atoms with Gasteiger partial charge in [-0.2, -0.15) is 0 Å². The van der Waals surface area contributed by atoms with E-state index in [9.17, 15) is 4.79 Å². The van der Waals surface area contributed by atoms with Gasteiger partial charge in [0.1, 0.15) is 0 Å². The fraction of sp³-hybridized carbons (Fsp3) is 0.458. The molecule has 4 nitrogen and oxygen atoms in total. The highest BCUT2D eigenvalue weighted by molar-refractivity contribution is 5.71. The molecule has 4 heteroatoms. The molecule has 0 aliphatic carbocycles. The minimum Gasteiger partial charge on any atom is -0.481 e. The quantitative estimate of drug-likeness (QED) is 0.752. The van der Waals surface area contributed by atoms with Gasteiger partial charge in [-0.3, -0.25) is 4.79 Å². The molecule has 0 atom stereocenters. The number of benzene rings is 2. The summed E-state index contributed by atoms with van der Waals surface area (Å²) in [5.74, 6) is -0.764. The molecule has 1 N–H and O–H groups in total. The third kappa shape index (κ3) is 4.22. The molecule has 0 saturated carbocycles. The summed E-state index contributed by atoms with van der Waals surface area (Å²) in [4.78, 5) is 16.0. The van der Waals surface area contributed by atoms with Gasteiger partial charge in [-0.15, -0.1) is 0 Å². The Balaban J connectivity index is 1.36. The maximum Gasteiger partial charge on any atom is 0.306 e. The monoisotopic (exact) mass is 378 g/mol. The van der Waals surface area contributed by atoms with Crippen LogP contribution in [0.2, 0.25) is 0 Å². The summed E-state index contributed by atoms with van der Waals surface area (Å²) >= 11 is 0. The van der Waals surface area contributed by atoms with Gasteiger partial charge in [-0.05, 0) is 81.4 Å². The lowest BCUT2D eigenvalue weighted by Gasteiger charge is -2.31. The second-order valence-electron chi connectivity index (χ2n) is 8.07. The van der Waals surface area contributed by atoms with Crippen molar-refractivity contribution in [2.24, 2.45) is 5.92 Å². The van der Waals surface area contributed by atoms with Gasteiger partial charge in [-0.25, -0.2) is 0 Å². The Kier molecular flexibility index (Phi) is 5.96. The Morgan fingerprint density at radius 2 is 1.39 bits per heavy atom. The molecule has 28 heavy (non-hydrogen) atoms. The number of unbranched alkanes of at least 4 members (excludes halogenated alkanes) is 1. The van der Waals surface area contributed by atoms with E-state index in [0.29, 0.717) is 0 Å². The second-order valence-corrected chi connectivity index (χ2v) is 8.07. The first-order valence-corrected chi connectivity index (χ1v) is 10.6. The number of carboxylic acids is 1. The number of para-hydroxylation sites is 2. The van der Waals surface area contributed by atoms with Gasteiger partial charge in [0.15, 0.2) is 0 Å². The number of likely N-dealkylation sites (tertiary alicyclic amines) is 1. The minimum atomic E-state index is -0.627. The number of nitrogens with zero attached hydrogens (tertiary/aromatic N) is 2. The molecule has 1 fully saturated rings. The van der Waals surface area contributed by atoms with E-state index >= 15 is 0 Å². The number of anilines is 2. The number of aryl methyl sites for hydroxylation is 2. The molecule has 1 saturated heterocycles. The largest absolute Gasteiger partial charge is 0.481 e. The molecule has 4 rings (SSSR count). The molecule has 2 aromatic carbocycles. The minimum absolute atomic E-state index is 0.138. The van der Waals surface area contributed by atoms with Crippen LogP contribution in [0.5, 0.6) is 0 Å². The van der Waals surface area contributed by atoms with Crippen LogP contribution in [0.15, 0.2) is 48.5 Å². The van der Waals surface area contributed by atoms with Gasteiger partial charge in [0.2, 0.25) is 0 Å². The van der Waals surface area contributed by atoms with Crippen molar-refractivity contribution in [1.29, 1.82) is 0 Å². The highest BCUT2D eigenvalue weighted by Crippen LogP contribution is 2.36. The standard InChI is InChI=1S/C24H30N2O2/c27-24(28)21-13-17-25(18-14-21)15-5-6-16-26-22-9-3-1-7-19(22)11-12-20-8-2-4-10-23(20)26/h1-4,7-10,21H,5-6,11-18H2,(H,27,28). The summed E-state index contributed by atoms with van der Waals surface area (Å²) in [5.41, 5.74) is 5.59. The lowest BCUT2D eigenvalue weighted by molar-refractivity contribution is -0.143. The van der Waals surface area contributed by atoms with Gasteiger partial charge in [0.25, 0.3) is 0 Å². The SMILES string of the molecule is O=C(O)C1CCN(CCCCN2c3ccccc3CCc3ccccc32)CC1. The second kappa shape index (κ2) is 8.78. The van der Waals surface area contributed by atoms with Crippen molar-refractivity contribution in [3.8, 4) is 0 Å². The fourth-order valence-corrected chi connectivity index (χ4v) is 4.62. The highest BCUT2D eigenvalue weighted by Gasteiger charge is 2.24. The molecular weight excluding hydrogens is 348 g/mol. The van der Waals surface area contributed by atoms with Crippen LogP contribution >= 0.6 is 0 Å².